The molecule has 2 unspecified atom stereocenters. The number of aliphatic hydroxyl groups excluding tert-OH is 2. The van der Waals surface area contributed by atoms with Crippen molar-refractivity contribution in [2.24, 2.45) is 0 Å². The molecule has 0 saturated carbocycles. The number of nitrogens with one attached hydrogen (secondary N) is 1. The van der Waals surface area contributed by atoms with Gasteiger partial charge in [0.25, 0.3) is 5.56 Å². The van der Waals surface area contributed by atoms with Crippen LogP contribution in [0, 0.1) is 0 Å². The van der Waals surface area contributed by atoms with Crippen molar-refractivity contribution in [1.29, 1.82) is 0 Å². The van der Waals surface area contributed by atoms with Crippen LogP contribution in [-0.2, 0) is 14.2 Å². The van der Waals surface area contributed by atoms with Crippen molar-refractivity contribution < 1.29 is 29.5 Å². The number of alkyl halides is 2. The summed E-state index contributed by atoms with van der Waals surface area (Å²) in [5, 5.41) is 28.9. The first-order valence-electron chi connectivity index (χ1n) is 6.73. The SMILES string of the molecule is C[C@]1(O)[C@H](OC(O)Cl)[C@@H](COC(O)Cl)O[C@H]1n1ccc(=O)[nH]c1=O. The van der Waals surface area contributed by atoms with Crippen molar-refractivity contribution in [3.63, 3.8) is 0 Å². The van der Waals surface area contributed by atoms with Crippen LogP contribution in [0.1, 0.15) is 13.2 Å². The third-order valence-electron chi connectivity index (χ3n) is 3.48. The summed E-state index contributed by atoms with van der Waals surface area (Å²) in [7, 11) is 0. The molecule has 10 nitrogen and oxygen atoms in total. The lowest BCUT2D eigenvalue weighted by Crippen LogP contribution is -2.49. The molecule has 0 bridgehead atoms. The van der Waals surface area contributed by atoms with Gasteiger partial charge in [-0.15, -0.1) is 0 Å². The predicted molar refractivity (Wildman–Crippen MR) is 80.4 cm³/mol. The summed E-state index contributed by atoms with van der Waals surface area (Å²) in [5.74, 6) is -3.39. The first kappa shape index (κ1) is 19.3. The van der Waals surface area contributed by atoms with Gasteiger partial charge >= 0.3 is 5.69 Å². The van der Waals surface area contributed by atoms with Gasteiger partial charge < -0.3 is 29.5 Å². The van der Waals surface area contributed by atoms with Crippen LogP contribution in [0.5, 0.6) is 0 Å². The van der Waals surface area contributed by atoms with E-state index >= 15 is 0 Å². The summed E-state index contributed by atoms with van der Waals surface area (Å²) in [5.41, 5.74) is -3.29. The largest absolute Gasteiger partial charge is 0.383 e. The highest BCUT2D eigenvalue weighted by atomic mass is 35.5. The summed E-state index contributed by atoms with van der Waals surface area (Å²) < 4.78 is 16.3. The highest BCUT2D eigenvalue weighted by Gasteiger charge is 2.55. The molecule has 0 aliphatic carbocycles. The van der Waals surface area contributed by atoms with Gasteiger partial charge in [-0.05, 0) is 6.92 Å². The van der Waals surface area contributed by atoms with Gasteiger partial charge in [-0.25, -0.2) is 4.79 Å². The summed E-state index contributed by atoms with van der Waals surface area (Å²) in [6.45, 7) is 0.958. The van der Waals surface area contributed by atoms with E-state index in [4.69, 9.17) is 42.5 Å². The fourth-order valence-corrected chi connectivity index (χ4v) is 2.68. The summed E-state index contributed by atoms with van der Waals surface area (Å²) in [6, 6.07) is 1.07. The Bertz CT molecular complexity index is 674. The van der Waals surface area contributed by atoms with Gasteiger partial charge in [0.1, 0.15) is 17.8 Å². The molecule has 2 rings (SSSR count). The summed E-state index contributed by atoms with van der Waals surface area (Å²) >= 11 is 10.7. The lowest BCUT2D eigenvalue weighted by molar-refractivity contribution is -0.165. The third kappa shape index (κ3) is 4.16. The molecule has 0 spiro atoms. The average molecular weight is 387 g/mol. The number of aromatic amines is 1. The molecule has 4 N–H and O–H groups in total. The molecule has 6 atom stereocenters. The van der Waals surface area contributed by atoms with E-state index in [-0.39, 0.29) is 6.61 Å². The number of aromatic nitrogens is 2. The molecule has 0 aromatic carbocycles. The maximum atomic E-state index is 11.9. The van der Waals surface area contributed by atoms with Crippen LogP contribution in [0.3, 0.4) is 0 Å². The minimum Gasteiger partial charge on any atom is -0.383 e. The number of hydrogen-bond acceptors (Lipinski definition) is 8. The van der Waals surface area contributed by atoms with E-state index in [0.717, 1.165) is 16.8 Å². The molecule has 12 heteroatoms. The molecule has 1 aliphatic rings. The fourth-order valence-electron chi connectivity index (χ4n) is 2.50. The quantitative estimate of drug-likeness (QED) is 0.345. The Hall–Kier alpha value is -0.980. The normalized spacial score (nSPS) is 32.7. The summed E-state index contributed by atoms with van der Waals surface area (Å²) in [6.07, 6.45) is -2.42. The second kappa shape index (κ2) is 7.50. The molecule has 2 heterocycles. The predicted octanol–water partition coefficient (Wildman–Crippen LogP) is -1.38. The van der Waals surface area contributed by atoms with E-state index in [9.17, 15) is 19.8 Å². The lowest BCUT2D eigenvalue weighted by atomic mass is 9.96. The molecule has 0 amide bonds. The van der Waals surface area contributed by atoms with Crippen molar-refractivity contribution in [2.45, 2.75) is 42.5 Å². The Morgan fingerprint density at radius 1 is 1.42 bits per heavy atom. The molecule has 1 aliphatic heterocycles. The van der Waals surface area contributed by atoms with E-state index in [2.05, 4.69) is 0 Å². The van der Waals surface area contributed by atoms with Gasteiger partial charge in [0.2, 0.25) is 11.5 Å². The summed E-state index contributed by atoms with van der Waals surface area (Å²) in [4.78, 5) is 25.1. The van der Waals surface area contributed by atoms with Gasteiger partial charge in [0.05, 0.1) is 6.61 Å². The number of halogens is 2. The zero-order chi connectivity index (χ0) is 18.1. The smallest absolute Gasteiger partial charge is 0.330 e. The van der Waals surface area contributed by atoms with Crippen LogP contribution in [-0.4, -0.2) is 60.8 Å². The molecule has 1 aromatic heterocycles. The van der Waals surface area contributed by atoms with Gasteiger partial charge in [-0.3, -0.25) is 14.3 Å². The number of aliphatic hydroxyl groups is 3. The maximum Gasteiger partial charge on any atom is 0.330 e. The molecule has 0 radical (unpaired) electrons. The zero-order valence-electron chi connectivity index (χ0n) is 12.3. The first-order chi connectivity index (χ1) is 11.1. The van der Waals surface area contributed by atoms with Gasteiger partial charge in [0, 0.05) is 12.3 Å². The van der Waals surface area contributed by atoms with Crippen LogP contribution >= 0.6 is 23.2 Å². The van der Waals surface area contributed by atoms with E-state index in [1.807, 2.05) is 4.98 Å². The monoisotopic (exact) mass is 386 g/mol. The van der Waals surface area contributed by atoms with Crippen molar-refractivity contribution in [1.82, 2.24) is 9.55 Å². The standard InChI is InChI=1S/C12H16Cl2N2O8/c1-12(21)7(24-10(14)19)5(4-22-9(13)18)23-8(12)16-3-2-6(17)15-11(16)20/h2-3,5,7-10,18-19,21H,4H2,1H3,(H,15,17,20)/t5-,7-,8-,9?,10?,12+/m1/s1. The zero-order valence-corrected chi connectivity index (χ0v) is 13.8. The maximum absolute atomic E-state index is 11.9. The van der Waals surface area contributed by atoms with Crippen molar-refractivity contribution in [3.8, 4) is 0 Å². The molecule has 136 valence electrons. The van der Waals surface area contributed by atoms with Crippen molar-refractivity contribution in [3.05, 3.63) is 33.1 Å². The number of hydrogen-bond donors (Lipinski definition) is 4. The minimum atomic E-state index is -1.84. The Balaban J connectivity index is 2.35. The van der Waals surface area contributed by atoms with E-state index < -0.39 is 46.8 Å². The van der Waals surface area contributed by atoms with Gasteiger partial charge in [-0.1, -0.05) is 23.2 Å². The molecule has 1 saturated heterocycles. The Morgan fingerprint density at radius 2 is 2.08 bits per heavy atom. The van der Waals surface area contributed by atoms with E-state index in [0.29, 0.717) is 0 Å². The lowest BCUT2D eigenvalue weighted by Gasteiger charge is -2.30. The van der Waals surface area contributed by atoms with E-state index in [1.54, 1.807) is 0 Å². The second-order valence-corrected chi connectivity index (χ2v) is 5.99. The minimum absolute atomic E-state index is 0.330. The van der Waals surface area contributed by atoms with E-state index in [1.165, 1.54) is 6.92 Å². The third-order valence-corrected chi connectivity index (χ3v) is 3.71. The molecule has 1 aromatic rings. The number of H-pyrrole nitrogens is 1. The van der Waals surface area contributed by atoms with Crippen molar-refractivity contribution >= 4 is 23.2 Å². The first-order valence-corrected chi connectivity index (χ1v) is 7.61. The Morgan fingerprint density at radius 3 is 2.62 bits per heavy atom. The topological polar surface area (TPSA) is 143 Å². The number of ether oxygens (including phenoxy) is 3. The number of nitrogens with zero attached hydrogens (tertiary/aromatic N) is 1. The van der Waals surface area contributed by atoms with Crippen LogP contribution in [0.25, 0.3) is 0 Å². The Labute approximate surface area is 145 Å². The Kier molecular flexibility index (Phi) is 6.04. The molecule has 24 heavy (non-hydrogen) atoms. The van der Waals surface area contributed by atoms with Crippen LogP contribution < -0.4 is 11.2 Å². The van der Waals surface area contributed by atoms with Crippen LogP contribution in [0.2, 0.25) is 0 Å². The van der Waals surface area contributed by atoms with Crippen LogP contribution in [0.15, 0.2) is 21.9 Å². The molecular weight excluding hydrogens is 371 g/mol. The second-order valence-electron chi connectivity index (χ2n) is 5.24. The highest BCUT2D eigenvalue weighted by Crippen LogP contribution is 2.40. The van der Waals surface area contributed by atoms with Gasteiger partial charge in [-0.2, -0.15) is 0 Å². The fraction of sp³-hybridized carbons (Fsp3) is 0.667. The van der Waals surface area contributed by atoms with Gasteiger partial charge in [0.15, 0.2) is 6.23 Å². The van der Waals surface area contributed by atoms with Crippen LogP contribution in [0.4, 0.5) is 0 Å². The number of rotatable bonds is 6. The average Bonchev–Trinajstić information content (AvgIpc) is 2.68. The van der Waals surface area contributed by atoms with Crippen molar-refractivity contribution in [2.75, 3.05) is 6.61 Å². The highest BCUT2D eigenvalue weighted by molar-refractivity contribution is 6.18. The molecule has 1 fully saturated rings. The molecular formula is C12H16Cl2N2O8.